The minimum absolute atomic E-state index is 0.00447. The van der Waals surface area contributed by atoms with Crippen LogP contribution >= 0.6 is 11.3 Å². The fourth-order valence-corrected chi connectivity index (χ4v) is 2.51. The van der Waals surface area contributed by atoms with Crippen LogP contribution in [0, 0.1) is 0 Å². The molecule has 1 aliphatic heterocycles. The summed E-state index contributed by atoms with van der Waals surface area (Å²) in [6.45, 7) is 3.20. The first kappa shape index (κ1) is 13.0. The molecule has 6 heteroatoms. The predicted octanol–water partition coefficient (Wildman–Crippen LogP) is -0.161. The lowest BCUT2D eigenvalue weighted by Crippen LogP contribution is -2.49. The van der Waals surface area contributed by atoms with Crippen molar-refractivity contribution in [3.05, 3.63) is 22.4 Å². The molecule has 1 aromatic heterocycles. The standard InChI is InChI=1S/C12H17N3O2S/c16-11(7-10-1-6-18-9-10)14-8-12(17)15-4-2-13-3-5-15/h1,6,9,13H,2-5,7-8H2,(H,14,16). The van der Waals surface area contributed by atoms with Gasteiger partial charge >= 0.3 is 0 Å². The molecule has 0 spiro atoms. The van der Waals surface area contributed by atoms with Crippen LogP contribution in [0.5, 0.6) is 0 Å². The van der Waals surface area contributed by atoms with Gasteiger partial charge in [0.1, 0.15) is 0 Å². The molecule has 0 unspecified atom stereocenters. The quantitative estimate of drug-likeness (QED) is 0.797. The smallest absolute Gasteiger partial charge is 0.242 e. The maximum atomic E-state index is 11.8. The maximum Gasteiger partial charge on any atom is 0.242 e. The number of hydrogen-bond acceptors (Lipinski definition) is 4. The van der Waals surface area contributed by atoms with Crippen LogP contribution in [0.2, 0.25) is 0 Å². The molecule has 5 nitrogen and oxygen atoms in total. The minimum Gasteiger partial charge on any atom is -0.347 e. The summed E-state index contributed by atoms with van der Waals surface area (Å²) in [5.41, 5.74) is 0.993. The van der Waals surface area contributed by atoms with Crippen molar-refractivity contribution < 1.29 is 9.59 Å². The molecule has 1 fully saturated rings. The zero-order chi connectivity index (χ0) is 12.8. The van der Waals surface area contributed by atoms with E-state index in [9.17, 15) is 9.59 Å². The van der Waals surface area contributed by atoms with Gasteiger partial charge in [0.2, 0.25) is 11.8 Å². The van der Waals surface area contributed by atoms with Crippen LogP contribution < -0.4 is 10.6 Å². The molecule has 0 radical (unpaired) electrons. The predicted molar refractivity (Wildman–Crippen MR) is 70.5 cm³/mol. The molecule has 1 saturated heterocycles. The highest BCUT2D eigenvalue weighted by atomic mass is 32.1. The molecule has 2 rings (SSSR count). The molecule has 1 aromatic rings. The SMILES string of the molecule is O=C(Cc1ccsc1)NCC(=O)N1CCNCC1. The number of thiophene rings is 1. The van der Waals surface area contributed by atoms with Crippen LogP contribution in [0.3, 0.4) is 0 Å². The molecule has 98 valence electrons. The van der Waals surface area contributed by atoms with Crippen molar-refractivity contribution in [2.24, 2.45) is 0 Å². The highest BCUT2D eigenvalue weighted by molar-refractivity contribution is 7.07. The summed E-state index contributed by atoms with van der Waals surface area (Å²) >= 11 is 1.57. The summed E-state index contributed by atoms with van der Waals surface area (Å²) in [5.74, 6) is -0.105. The molecule has 2 N–H and O–H groups in total. The van der Waals surface area contributed by atoms with Gasteiger partial charge in [-0.05, 0) is 22.4 Å². The lowest BCUT2D eigenvalue weighted by Gasteiger charge is -2.27. The first-order chi connectivity index (χ1) is 8.75. The van der Waals surface area contributed by atoms with E-state index in [0.717, 1.165) is 31.7 Å². The third kappa shape index (κ3) is 3.82. The van der Waals surface area contributed by atoms with Crippen molar-refractivity contribution in [1.82, 2.24) is 15.5 Å². The summed E-state index contributed by atoms with van der Waals surface area (Å²) < 4.78 is 0. The summed E-state index contributed by atoms with van der Waals surface area (Å²) in [7, 11) is 0. The lowest BCUT2D eigenvalue weighted by atomic mass is 10.2. The Morgan fingerprint density at radius 3 is 2.83 bits per heavy atom. The second-order valence-corrected chi connectivity index (χ2v) is 5.00. The van der Waals surface area contributed by atoms with E-state index in [-0.39, 0.29) is 18.4 Å². The number of carbonyl (C=O) groups excluding carboxylic acids is 2. The zero-order valence-electron chi connectivity index (χ0n) is 10.1. The number of nitrogens with one attached hydrogen (secondary N) is 2. The summed E-state index contributed by atoms with van der Waals surface area (Å²) in [5, 5.41) is 9.74. The van der Waals surface area contributed by atoms with Crippen molar-refractivity contribution >= 4 is 23.2 Å². The van der Waals surface area contributed by atoms with E-state index in [1.807, 2.05) is 16.8 Å². The fraction of sp³-hybridized carbons (Fsp3) is 0.500. The molecule has 2 heterocycles. The fourth-order valence-electron chi connectivity index (χ4n) is 1.84. The van der Waals surface area contributed by atoms with Crippen molar-refractivity contribution in [1.29, 1.82) is 0 Å². The van der Waals surface area contributed by atoms with Gasteiger partial charge in [0.25, 0.3) is 0 Å². The largest absolute Gasteiger partial charge is 0.347 e. The third-order valence-corrected chi connectivity index (χ3v) is 3.58. The van der Waals surface area contributed by atoms with Crippen LogP contribution in [-0.4, -0.2) is 49.4 Å². The Morgan fingerprint density at radius 1 is 1.39 bits per heavy atom. The first-order valence-electron chi connectivity index (χ1n) is 6.02. The van der Waals surface area contributed by atoms with Gasteiger partial charge in [0, 0.05) is 26.2 Å². The van der Waals surface area contributed by atoms with Gasteiger partial charge in [-0.2, -0.15) is 11.3 Å². The van der Waals surface area contributed by atoms with Crippen LogP contribution in [0.1, 0.15) is 5.56 Å². The number of rotatable bonds is 4. The molecular formula is C12H17N3O2S. The molecular weight excluding hydrogens is 250 g/mol. The number of hydrogen-bond donors (Lipinski definition) is 2. The van der Waals surface area contributed by atoms with E-state index >= 15 is 0 Å². The van der Waals surface area contributed by atoms with Gasteiger partial charge in [-0.25, -0.2) is 0 Å². The Balaban J connectivity index is 1.70. The van der Waals surface area contributed by atoms with Crippen LogP contribution in [0.25, 0.3) is 0 Å². The van der Waals surface area contributed by atoms with Gasteiger partial charge < -0.3 is 15.5 Å². The summed E-state index contributed by atoms with van der Waals surface area (Å²) in [6, 6.07) is 1.92. The van der Waals surface area contributed by atoms with Crippen LogP contribution in [0.15, 0.2) is 16.8 Å². The minimum atomic E-state index is -0.100. The Kier molecular flexibility index (Phi) is 4.72. The number of carbonyl (C=O) groups is 2. The van der Waals surface area contributed by atoms with Gasteiger partial charge in [0.05, 0.1) is 13.0 Å². The van der Waals surface area contributed by atoms with E-state index < -0.39 is 0 Å². The Hall–Kier alpha value is -1.40. The van der Waals surface area contributed by atoms with E-state index in [4.69, 9.17) is 0 Å². The highest BCUT2D eigenvalue weighted by Crippen LogP contribution is 2.06. The highest BCUT2D eigenvalue weighted by Gasteiger charge is 2.16. The van der Waals surface area contributed by atoms with Crippen molar-refractivity contribution in [2.45, 2.75) is 6.42 Å². The average Bonchev–Trinajstić information content (AvgIpc) is 2.90. The molecule has 0 saturated carbocycles. The molecule has 18 heavy (non-hydrogen) atoms. The van der Waals surface area contributed by atoms with Gasteiger partial charge in [-0.1, -0.05) is 0 Å². The third-order valence-electron chi connectivity index (χ3n) is 2.85. The van der Waals surface area contributed by atoms with E-state index in [1.165, 1.54) is 0 Å². The second kappa shape index (κ2) is 6.51. The average molecular weight is 267 g/mol. The lowest BCUT2D eigenvalue weighted by molar-refractivity contribution is -0.133. The second-order valence-electron chi connectivity index (χ2n) is 4.22. The van der Waals surface area contributed by atoms with E-state index in [1.54, 1.807) is 16.2 Å². The summed E-state index contributed by atoms with van der Waals surface area (Å²) in [4.78, 5) is 25.2. The zero-order valence-corrected chi connectivity index (χ0v) is 11.0. The van der Waals surface area contributed by atoms with Crippen molar-refractivity contribution in [2.75, 3.05) is 32.7 Å². The molecule has 0 atom stereocenters. The Bertz CT molecular complexity index is 399. The number of amides is 2. The Labute approximate surface area is 110 Å². The first-order valence-corrected chi connectivity index (χ1v) is 6.96. The van der Waals surface area contributed by atoms with Crippen molar-refractivity contribution in [3.63, 3.8) is 0 Å². The molecule has 1 aliphatic rings. The molecule has 0 aliphatic carbocycles. The maximum absolute atomic E-state index is 11.8. The van der Waals surface area contributed by atoms with Crippen LogP contribution in [0.4, 0.5) is 0 Å². The number of piperazine rings is 1. The normalized spacial score (nSPS) is 15.4. The number of nitrogens with zero attached hydrogens (tertiary/aromatic N) is 1. The van der Waals surface area contributed by atoms with Gasteiger partial charge in [0.15, 0.2) is 0 Å². The topological polar surface area (TPSA) is 61.4 Å². The monoisotopic (exact) mass is 267 g/mol. The van der Waals surface area contributed by atoms with Crippen LogP contribution in [-0.2, 0) is 16.0 Å². The van der Waals surface area contributed by atoms with E-state index in [2.05, 4.69) is 10.6 Å². The molecule has 2 amide bonds. The summed E-state index contributed by atoms with van der Waals surface area (Å²) in [6.07, 6.45) is 0.346. The Morgan fingerprint density at radius 2 is 2.17 bits per heavy atom. The van der Waals surface area contributed by atoms with Crippen molar-refractivity contribution in [3.8, 4) is 0 Å². The molecule has 0 bridgehead atoms. The van der Waals surface area contributed by atoms with E-state index in [0.29, 0.717) is 6.42 Å². The van der Waals surface area contributed by atoms with Gasteiger partial charge in [-0.3, -0.25) is 9.59 Å². The molecule has 0 aromatic carbocycles. The van der Waals surface area contributed by atoms with Gasteiger partial charge in [-0.15, -0.1) is 0 Å².